The molecule has 1 aliphatic carbocycles. The van der Waals surface area contributed by atoms with Gasteiger partial charge in [-0.15, -0.1) is 0 Å². The molecule has 1 aliphatic heterocycles. The van der Waals surface area contributed by atoms with E-state index >= 15 is 0 Å². The van der Waals surface area contributed by atoms with Gasteiger partial charge in [-0.25, -0.2) is 0 Å². The van der Waals surface area contributed by atoms with Crippen LogP contribution in [0.4, 0.5) is 5.69 Å². The van der Waals surface area contributed by atoms with E-state index in [1.165, 1.54) is 11.1 Å². The molecule has 2 aromatic heterocycles. The van der Waals surface area contributed by atoms with Crippen LogP contribution < -0.4 is 10.2 Å². The molecule has 0 bridgehead atoms. The van der Waals surface area contributed by atoms with Crippen molar-refractivity contribution in [3.05, 3.63) is 72.7 Å². The number of nitrogens with zero attached hydrogens (tertiary/aromatic N) is 3. The lowest BCUT2D eigenvalue weighted by atomic mass is 10.1. The summed E-state index contributed by atoms with van der Waals surface area (Å²) in [5.74, 6) is 2.21. The first-order chi connectivity index (χ1) is 14.3. The maximum absolute atomic E-state index is 12.0. The van der Waals surface area contributed by atoms with Crippen LogP contribution in [0.15, 0.2) is 67.1 Å². The van der Waals surface area contributed by atoms with Gasteiger partial charge in [-0.2, -0.15) is 0 Å². The standard InChI is InChI=1S/C24H24N4O/c29-24(8-7-17-4-3-11-25-14-17)27-12-9-18-20-15-28(16-21(18)20)23-10-13-26-22-6-2-1-5-19(22)23/h1-8,10-11,13-14,18,20-21H,9,12,15-16H2,(H,27,29)/b8-7+/t18-,20-,21+. The highest BCUT2D eigenvalue weighted by Gasteiger charge is 2.55. The molecule has 1 aromatic carbocycles. The lowest BCUT2D eigenvalue weighted by Crippen LogP contribution is -2.26. The number of hydrogen-bond donors (Lipinski definition) is 1. The summed E-state index contributed by atoms with van der Waals surface area (Å²) in [6, 6.07) is 14.3. The van der Waals surface area contributed by atoms with Crippen molar-refractivity contribution in [2.24, 2.45) is 17.8 Å². The Balaban J connectivity index is 1.10. The number of amides is 1. The van der Waals surface area contributed by atoms with Gasteiger partial charge in [-0.05, 0) is 54.0 Å². The second-order valence-corrected chi connectivity index (χ2v) is 7.94. The molecule has 5 nitrogen and oxygen atoms in total. The topological polar surface area (TPSA) is 58.1 Å². The third-order valence-electron chi connectivity index (χ3n) is 6.23. The van der Waals surface area contributed by atoms with Gasteiger partial charge in [0.1, 0.15) is 0 Å². The lowest BCUT2D eigenvalue weighted by Gasteiger charge is -2.23. The highest BCUT2D eigenvalue weighted by atomic mass is 16.1. The number of anilines is 1. The first-order valence-electron chi connectivity index (χ1n) is 10.2. The van der Waals surface area contributed by atoms with E-state index in [2.05, 4.69) is 44.5 Å². The average Bonchev–Trinajstić information content (AvgIpc) is 3.21. The van der Waals surface area contributed by atoms with Crippen molar-refractivity contribution in [2.75, 3.05) is 24.5 Å². The minimum atomic E-state index is -0.0375. The molecule has 3 heterocycles. The van der Waals surface area contributed by atoms with Crippen LogP contribution in [0.2, 0.25) is 0 Å². The number of rotatable bonds is 6. The first-order valence-corrected chi connectivity index (χ1v) is 10.2. The monoisotopic (exact) mass is 384 g/mol. The Bertz CT molecular complexity index is 1030. The van der Waals surface area contributed by atoms with Crippen molar-refractivity contribution in [3.8, 4) is 0 Å². The Labute approximate surface area is 170 Å². The zero-order valence-corrected chi connectivity index (χ0v) is 16.2. The van der Waals surface area contributed by atoms with E-state index in [0.717, 1.165) is 54.9 Å². The van der Waals surface area contributed by atoms with Gasteiger partial charge >= 0.3 is 0 Å². The molecule has 5 rings (SSSR count). The van der Waals surface area contributed by atoms with Crippen LogP contribution in [0.5, 0.6) is 0 Å². The lowest BCUT2D eigenvalue weighted by molar-refractivity contribution is -0.116. The number of hydrogen-bond acceptors (Lipinski definition) is 4. The number of benzene rings is 1. The van der Waals surface area contributed by atoms with E-state index in [1.54, 1.807) is 24.5 Å². The van der Waals surface area contributed by atoms with Gasteiger partial charge in [0.05, 0.1) is 5.52 Å². The summed E-state index contributed by atoms with van der Waals surface area (Å²) in [7, 11) is 0. The van der Waals surface area contributed by atoms with Crippen molar-refractivity contribution in [2.45, 2.75) is 6.42 Å². The number of pyridine rings is 2. The van der Waals surface area contributed by atoms with Crippen LogP contribution in [0.3, 0.4) is 0 Å². The van der Waals surface area contributed by atoms with Gasteiger partial charge in [0.2, 0.25) is 5.91 Å². The smallest absolute Gasteiger partial charge is 0.244 e. The maximum atomic E-state index is 12.0. The molecule has 3 atom stereocenters. The molecular formula is C24H24N4O. The number of fused-ring (bicyclic) bond motifs is 2. The molecule has 1 N–H and O–H groups in total. The zero-order chi connectivity index (χ0) is 19.6. The molecule has 146 valence electrons. The number of piperidine rings is 1. The Morgan fingerprint density at radius 2 is 1.97 bits per heavy atom. The van der Waals surface area contributed by atoms with Crippen LogP contribution in [-0.4, -0.2) is 35.5 Å². The fraction of sp³-hybridized carbons (Fsp3) is 0.292. The molecule has 0 spiro atoms. The van der Waals surface area contributed by atoms with Crippen molar-refractivity contribution in [1.82, 2.24) is 15.3 Å². The molecule has 2 aliphatic rings. The van der Waals surface area contributed by atoms with Gasteiger partial charge in [0.15, 0.2) is 0 Å². The van der Waals surface area contributed by atoms with E-state index in [4.69, 9.17) is 0 Å². The maximum Gasteiger partial charge on any atom is 0.244 e. The molecule has 1 saturated heterocycles. The summed E-state index contributed by atoms with van der Waals surface area (Å²) >= 11 is 0. The second-order valence-electron chi connectivity index (χ2n) is 7.94. The van der Waals surface area contributed by atoms with E-state index in [1.807, 2.05) is 24.4 Å². The molecule has 1 amide bonds. The predicted octanol–water partition coefficient (Wildman–Crippen LogP) is 3.53. The largest absolute Gasteiger partial charge is 0.370 e. The number of carbonyl (C=O) groups is 1. The molecule has 3 aromatic rings. The van der Waals surface area contributed by atoms with Crippen LogP contribution in [-0.2, 0) is 4.79 Å². The van der Waals surface area contributed by atoms with E-state index in [-0.39, 0.29) is 5.91 Å². The predicted molar refractivity (Wildman–Crippen MR) is 115 cm³/mol. The van der Waals surface area contributed by atoms with Gasteiger partial charge in [0.25, 0.3) is 0 Å². The van der Waals surface area contributed by atoms with Crippen molar-refractivity contribution < 1.29 is 4.79 Å². The number of para-hydroxylation sites is 1. The van der Waals surface area contributed by atoms with Crippen LogP contribution >= 0.6 is 0 Å². The molecular weight excluding hydrogens is 360 g/mol. The van der Waals surface area contributed by atoms with Gasteiger partial charge in [0, 0.05) is 55.4 Å². The summed E-state index contributed by atoms with van der Waals surface area (Å²) in [4.78, 5) is 23.0. The van der Waals surface area contributed by atoms with Gasteiger partial charge in [-0.3, -0.25) is 14.8 Å². The van der Waals surface area contributed by atoms with Crippen molar-refractivity contribution in [3.63, 3.8) is 0 Å². The fourth-order valence-corrected chi connectivity index (χ4v) is 4.70. The number of carbonyl (C=O) groups excluding carboxylic acids is 1. The third kappa shape index (κ3) is 3.73. The van der Waals surface area contributed by atoms with Crippen molar-refractivity contribution in [1.29, 1.82) is 0 Å². The van der Waals surface area contributed by atoms with Crippen LogP contribution in [0.1, 0.15) is 12.0 Å². The van der Waals surface area contributed by atoms with E-state index < -0.39 is 0 Å². The first kappa shape index (κ1) is 17.9. The second kappa shape index (κ2) is 7.66. The van der Waals surface area contributed by atoms with Gasteiger partial charge < -0.3 is 10.2 Å². The highest BCUT2D eigenvalue weighted by Crippen LogP contribution is 2.54. The quantitative estimate of drug-likeness (QED) is 0.661. The van der Waals surface area contributed by atoms with Gasteiger partial charge in [-0.1, -0.05) is 24.3 Å². The van der Waals surface area contributed by atoms with Crippen molar-refractivity contribution >= 4 is 28.6 Å². The SMILES string of the molecule is O=C(/C=C/c1cccnc1)NCC[C@@H]1[C@H]2CN(c3ccnc4ccccc34)C[C@@H]12. The van der Waals surface area contributed by atoms with Crippen LogP contribution in [0, 0.1) is 17.8 Å². The number of nitrogens with one attached hydrogen (secondary N) is 1. The zero-order valence-electron chi connectivity index (χ0n) is 16.2. The molecule has 5 heteroatoms. The Morgan fingerprint density at radius 3 is 2.79 bits per heavy atom. The van der Waals surface area contributed by atoms with E-state index in [0.29, 0.717) is 0 Å². The van der Waals surface area contributed by atoms with E-state index in [9.17, 15) is 4.79 Å². The minimum Gasteiger partial charge on any atom is -0.370 e. The molecule has 1 saturated carbocycles. The third-order valence-corrected chi connectivity index (χ3v) is 6.23. The average molecular weight is 384 g/mol. The molecule has 0 unspecified atom stereocenters. The summed E-state index contributed by atoms with van der Waals surface area (Å²) in [6.07, 6.45) is 9.82. The summed E-state index contributed by atoms with van der Waals surface area (Å²) in [5.41, 5.74) is 3.29. The summed E-state index contributed by atoms with van der Waals surface area (Å²) in [5, 5.41) is 4.25. The Hall–Kier alpha value is -3.21. The summed E-state index contributed by atoms with van der Waals surface area (Å²) < 4.78 is 0. The van der Waals surface area contributed by atoms with Crippen LogP contribution in [0.25, 0.3) is 17.0 Å². The fourth-order valence-electron chi connectivity index (χ4n) is 4.70. The molecule has 29 heavy (non-hydrogen) atoms. The highest BCUT2D eigenvalue weighted by molar-refractivity contribution is 5.92. The number of aromatic nitrogens is 2. The molecule has 2 fully saturated rings. The normalized spacial score (nSPS) is 22.8. The molecule has 0 radical (unpaired) electrons. The minimum absolute atomic E-state index is 0.0375. The Kier molecular flexibility index (Phi) is 4.72. The Morgan fingerprint density at radius 1 is 1.10 bits per heavy atom. The summed E-state index contributed by atoms with van der Waals surface area (Å²) in [6.45, 7) is 2.96.